The second kappa shape index (κ2) is 5.44. The van der Waals surface area contributed by atoms with Crippen LogP contribution in [-0.2, 0) is 6.54 Å². The molecule has 98 valence electrons. The number of aromatic nitrogens is 3. The molecule has 0 saturated heterocycles. The molecule has 0 fully saturated rings. The van der Waals surface area contributed by atoms with Crippen molar-refractivity contribution in [2.45, 2.75) is 6.54 Å². The molecule has 0 aliphatic heterocycles. The Kier molecular flexibility index (Phi) is 3.71. The quantitative estimate of drug-likeness (QED) is 0.647. The summed E-state index contributed by atoms with van der Waals surface area (Å²) in [4.78, 5) is 25.4. The Bertz CT molecular complexity index is 613. The molecule has 2 rings (SSSR count). The topological polar surface area (TPSA) is 114 Å². The fraction of sp³-hybridized carbons (Fsp3) is 0.100. The summed E-state index contributed by atoms with van der Waals surface area (Å²) in [5, 5.41) is 18.4. The third-order valence-electron chi connectivity index (χ3n) is 2.29. The fourth-order valence-corrected chi connectivity index (χ4v) is 1.60. The zero-order valence-corrected chi connectivity index (χ0v) is 10.2. The highest BCUT2D eigenvalue weighted by molar-refractivity contribution is 6.35. The Morgan fingerprint density at radius 1 is 1.47 bits per heavy atom. The summed E-state index contributed by atoms with van der Waals surface area (Å²) in [6, 6.07) is 3.46. The first-order chi connectivity index (χ1) is 9.09. The van der Waals surface area contributed by atoms with Gasteiger partial charge in [-0.05, 0) is 22.6 Å². The van der Waals surface area contributed by atoms with E-state index in [4.69, 9.17) is 11.6 Å². The predicted octanol–water partition coefficient (Wildman–Crippen LogP) is 1.30. The molecule has 2 N–H and O–H groups in total. The van der Waals surface area contributed by atoms with Crippen LogP contribution < -0.4 is 5.32 Å². The van der Waals surface area contributed by atoms with Crippen molar-refractivity contribution < 1.29 is 9.72 Å². The molecule has 2 aromatic rings. The lowest BCUT2D eigenvalue weighted by molar-refractivity contribution is -0.389. The molecule has 19 heavy (non-hydrogen) atoms. The van der Waals surface area contributed by atoms with Crippen LogP contribution in [0, 0.1) is 10.1 Å². The molecule has 0 unspecified atom stereocenters. The largest absolute Gasteiger partial charge is 0.362 e. The number of carbonyl (C=O) groups is 1. The van der Waals surface area contributed by atoms with Crippen LogP contribution in [0.4, 0.5) is 5.82 Å². The predicted molar refractivity (Wildman–Crippen MR) is 65.7 cm³/mol. The summed E-state index contributed by atoms with van der Waals surface area (Å²) in [6.07, 6.45) is 3.18. The van der Waals surface area contributed by atoms with Gasteiger partial charge in [0.15, 0.2) is 10.7 Å². The van der Waals surface area contributed by atoms with Gasteiger partial charge < -0.3 is 15.4 Å². The van der Waals surface area contributed by atoms with Crippen molar-refractivity contribution in [1.82, 2.24) is 20.5 Å². The van der Waals surface area contributed by atoms with Crippen molar-refractivity contribution in [2.24, 2.45) is 0 Å². The summed E-state index contributed by atoms with van der Waals surface area (Å²) in [7, 11) is 0. The number of nitrogens with one attached hydrogen (secondary N) is 2. The third-order valence-corrected chi connectivity index (χ3v) is 2.65. The molecule has 0 aromatic carbocycles. The number of halogens is 1. The van der Waals surface area contributed by atoms with Gasteiger partial charge in [0.25, 0.3) is 5.91 Å². The zero-order chi connectivity index (χ0) is 13.8. The summed E-state index contributed by atoms with van der Waals surface area (Å²) in [6.45, 7) is 0.248. The van der Waals surface area contributed by atoms with Gasteiger partial charge >= 0.3 is 5.82 Å². The van der Waals surface area contributed by atoms with E-state index >= 15 is 0 Å². The molecule has 0 bridgehead atoms. The van der Waals surface area contributed by atoms with Gasteiger partial charge in [-0.3, -0.25) is 9.78 Å². The zero-order valence-electron chi connectivity index (χ0n) is 9.46. The fourth-order valence-electron chi connectivity index (χ4n) is 1.36. The van der Waals surface area contributed by atoms with E-state index in [0.29, 0.717) is 0 Å². The molecule has 1 amide bonds. The van der Waals surface area contributed by atoms with E-state index in [9.17, 15) is 14.9 Å². The highest BCUT2D eigenvalue weighted by Crippen LogP contribution is 2.24. The average Bonchev–Trinajstić information content (AvgIpc) is 2.79. The van der Waals surface area contributed by atoms with Crippen molar-refractivity contribution >= 4 is 23.3 Å². The first-order valence-electron chi connectivity index (χ1n) is 5.15. The molecule has 0 atom stereocenters. The molecule has 9 heteroatoms. The van der Waals surface area contributed by atoms with Crippen molar-refractivity contribution in [3.63, 3.8) is 0 Å². The first kappa shape index (κ1) is 13.0. The minimum atomic E-state index is -0.741. The molecule has 2 aromatic heterocycles. The summed E-state index contributed by atoms with van der Waals surface area (Å²) >= 11 is 5.69. The lowest BCUT2D eigenvalue weighted by atomic mass is 10.2. The number of nitro groups is 1. The first-order valence-corrected chi connectivity index (χ1v) is 5.52. The van der Waals surface area contributed by atoms with Crippen molar-refractivity contribution in [1.29, 1.82) is 0 Å². The Hall–Kier alpha value is -2.48. The van der Waals surface area contributed by atoms with Crippen LogP contribution in [0.2, 0.25) is 5.02 Å². The van der Waals surface area contributed by atoms with Gasteiger partial charge in [-0.15, -0.1) is 5.10 Å². The van der Waals surface area contributed by atoms with Crippen molar-refractivity contribution in [2.75, 3.05) is 0 Å². The maximum Gasteiger partial charge on any atom is 0.362 e. The minimum absolute atomic E-state index is 0.206. The van der Waals surface area contributed by atoms with Crippen molar-refractivity contribution in [3.8, 4) is 0 Å². The number of pyridine rings is 1. The van der Waals surface area contributed by atoms with Crippen LogP contribution in [0.3, 0.4) is 0 Å². The monoisotopic (exact) mass is 281 g/mol. The molecule has 8 nitrogen and oxygen atoms in total. The summed E-state index contributed by atoms with van der Waals surface area (Å²) < 4.78 is 0. The van der Waals surface area contributed by atoms with Gasteiger partial charge in [0.1, 0.15) is 0 Å². The Balaban J connectivity index is 2.07. The number of rotatable bonds is 4. The Morgan fingerprint density at radius 2 is 2.16 bits per heavy atom. The molecule has 0 radical (unpaired) electrons. The van der Waals surface area contributed by atoms with Crippen LogP contribution in [0.5, 0.6) is 0 Å². The number of hydrogen-bond acceptors (Lipinski definition) is 5. The van der Waals surface area contributed by atoms with E-state index in [1.54, 1.807) is 24.5 Å². The minimum Gasteiger partial charge on any atom is -0.358 e. The lowest BCUT2D eigenvalue weighted by Gasteiger charge is -2.02. The maximum absolute atomic E-state index is 11.8. The number of H-pyrrole nitrogens is 1. The second-order valence-corrected chi connectivity index (χ2v) is 3.91. The van der Waals surface area contributed by atoms with E-state index < -0.39 is 16.6 Å². The van der Waals surface area contributed by atoms with Gasteiger partial charge in [0.2, 0.25) is 0 Å². The standard InChI is InChI=1S/C10H8ClN5O3/c11-7-8(14-15-9(7)16(18)19)10(17)13-5-6-1-3-12-4-2-6/h1-4H,5H2,(H,13,17)(H,14,15). The summed E-state index contributed by atoms with van der Waals surface area (Å²) in [5.74, 6) is -1.10. The number of carbonyl (C=O) groups excluding carboxylic acids is 1. The van der Waals surface area contributed by atoms with E-state index in [1.807, 2.05) is 0 Å². The molecule has 0 aliphatic rings. The van der Waals surface area contributed by atoms with Gasteiger partial charge in [-0.25, -0.2) is 0 Å². The Labute approximate surface area is 112 Å². The van der Waals surface area contributed by atoms with E-state index in [2.05, 4.69) is 20.5 Å². The molecule has 0 spiro atoms. The van der Waals surface area contributed by atoms with Crippen LogP contribution in [-0.4, -0.2) is 26.0 Å². The van der Waals surface area contributed by atoms with Gasteiger partial charge in [0.05, 0.1) is 0 Å². The van der Waals surface area contributed by atoms with Crippen molar-refractivity contribution in [3.05, 3.63) is 50.9 Å². The van der Waals surface area contributed by atoms with E-state index in [0.717, 1.165) is 5.56 Å². The smallest absolute Gasteiger partial charge is 0.358 e. The average molecular weight is 282 g/mol. The number of amides is 1. The maximum atomic E-state index is 11.8. The normalized spacial score (nSPS) is 10.2. The molecule has 0 saturated carbocycles. The second-order valence-electron chi connectivity index (χ2n) is 3.53. The van der Waals surface area contributed by atoms with Crippen LogP contribution in [0.25, 0.3) is 0 Å². The highest BCUT2D eigenvalue weighted by atomic mass is 35.5. The van der Waals surface area contributed by atoms with Gasteiger partial charge in [0, 0.05) is 18.9 Å². The van der Waals surface area contributed by atoms with Gasteiger partial charge in [-0.1, -0.05) is 16.7 Å². The third kappa shape index (κ3) is 2.86. The molecule has 0 aliphatic carbocycles. The van der Waals surface area contributed by atoms with Crippen LogP contribution in [0.15, 0.2) is 24.5 Å². The number of aromatic amines is 1. The van der Waals surface area contributed by atoms with E-state index in [-0.39, 0.29) is 17.3 Å². The molecule has 2 heterocycles. The number of nitrogens with zero attached hydrogens (tertiary/aromatic N) is 3. The van der Waals surface area contributed by atoms with Crippen LogP contribution in [0.1, 0.15) is 16.1 Å². The molecular formula is C10H8ClN5O3. The SMILES string of the molecule is O=C(NCc1ccncc1)c1n[nH]c([N+](=O)[O-])c1Cl. The van der Waals surface area contributed by atoms with Gasteiger partial charge in [-0.2, -0.15) is 0 Å². The Morgan fingerprint density at radius 3 is 2.74 bits per heavy atom. The highest BCUT2D eigenvalue weighted by Gasteiger charge is 2.24. The van der Waals surface area contributed by atoms with Crippen LogP contribution >= 0.6 is 11.6 Å². The lowest BCUT2D eigenvalue weighted by Crippen LogP contribution is -2.23. The summed E-state index contributed by atoms with van der Waals surface area (Å²) in [5.41, 5.74) is 0.631. The van der Waals surface area contributed by atoms with E-state index in [1.165, 1.54) is 0 Å². The number of hydrogen-bond donors (Lipinski definition) is 2. The molecular weight excluding hydrogens is 274 g/mol.